The summed E-state index contributed by atoms with van der Waals surface area (Å²) < 4.78 is 11.7. The zero-order chi connectivity index (χ0) is 23.0. The Bertz CT molecular complexity index is 741. The third kappa shape index (κ3) is 11.0. The SMILES string of the molecule is CCCCCCCCOc1cnc(-c2ccc(OCCCCCCCCC3CC3)cc2)nc1. The number of unbranched alkanes of at least 4 members (excludes halogenated alkanes) is 10. The van der Waals surface area contributed by atoms with Crippen molar-refractivity contribution in [2.75, 3.05) is 13.2 Å². The van der Waals surface area contributed by atoms with Gasteiger partial charge < -0.3 is 9.47 Å². The number of benzene rings is 1. The average Bonchev–Trinajstić information content (AvgIpc) is 3.68. The fourth-order valence-corrected chi connectivity index (χ4v) is 4.15. The molecule has 0 radical (unpaired) electrons. The summed E-state index contributed by atoms with van der Waals surface area (Å²) in [6.07, 6.45) is 23.5. The Morgan fingerprint density at radius 1 is 0.667 bits per heavy atom. The van der Waals surface area contributed by atoms with Crippen LogP contribution in [0.15, 0.2) is 36.7 Å². The molecule has 0 saturated heterocycles. The Morgan fingerprint density at radius 2 is 1.21 bits per heavy atom. The molecule has 0 bridgehead atoms. The van der Waals surface area contributed by atoms with Gasteiger partial charge in [-0.3, -0.25) is 0 Å². The molecule has 1 heterocycles. The van der Waals surface area contributed by atoms with E-state index in [1.165, 1.54) is 83.5 Å². The third-order valence-electron chi connectivity index (χ3n) is 6.48. The van der Waals surface area contributed by atoms with E-state index in [2.05, 4.69) is 16.9 Å². The van der Waals surface area contributed by atoms with Crippen molar-refractivity contribution in [1.82, 2.24) is 9.97 Å². The van der Waals surface area contributed by atoms with Crippen LogP contribution in [0.2, 0.25) is 0 Å². The molecule has 33 heavy (non-hydrogen) atoms. The maximum absolute atomic E-state index is 5.91. The maximum Gasteiger partial charge on any atom is 0.159 e. The van der Waals surface area contributed by atoms with Crippen molar-refractivity contribution in [3.63, 3.8) is 0 Å². The van der Waals surface area contributed by atoms with Crippen LogP contribution in [0, 0.1) is 5.92 Å². The highest BCUT2D eigenvalue weighted by Gasteiger charge is 2.19. The number of hydrogen-bond acceptors (Lipinski definition) is 4. The number of nitrogens with zero attached hydrogens (tertiary/aromatic N) is 2. The van der Waals surface area contributed by atoms with Crippen molar-refractivity contribution in [3.05, 3.63) is 36.7 Å². The van der Waals surface area contributed by atoms with E-state index in [0.29, 0.717) is 0 Å². The third-order valence-corrected chi connectivity index (χ3v) is 6.48. The molecular weight excluding hydrogens is 408 g/mol. The molecule has 1 aromatic heterocycles. The van der Waals surface area contributed by atoms with Gasteiger partial charge in [0.05, 0.1) is 25.6 Å². The molecule has 4 nitrogen and oxygen atoms in total. The molecule has 1 aliphatic carbocycles. The Labute approximate surface area is 201 Å². The van der Waals surface area contributed by atoms with E-state index in [1.54, 1.807) is 12.4 Å². The molecule has 1 fully saturated rings. The lowest BCUT2D eigenvalue weighted by Crippen LogP contribution is -1.99. The zero-order valence-electron chi connectivity index (χ0n) is 20.8. The van der Waals surface area contributed by atoms with Gasteiger partial charge in [-0.05, 0) is 43.0 Å². The Kier molecular flexibility index (Phi) is 12.1. The smallest absolute Gasteiger partial charge is 0.159 e. The van der Waals surface area contributed by atoms with Crippen molar-refractivity contribution in [2.24, 2.45) is 5.92 Å². The van der Waals surface area contributed by atoms with Crippen LogP contribution in [-0.2, 0) is 0 Å². The topological polar surface area (TPSA) is 44.2 Å². The second kappa shape index (κ2) is 15.7. The molecule has 1 saturated carbocycles. The summed E-state index contributed by atoms with van der Waals surface area (Å²) in [5, 5.41) is 0. The van der Waals surface area contributed by atoms with Gasteiger partial charge in [-0.1, -0.05) is 90.4 Å². The normalized spacial score (nSPS) is 13.2. The van der Waals surface area contributed by atoms with Gasteiger partial charge >= 0.3 is 0 Å². The van der Waals surface area contributed by atoms with Crippen LogP contribution in [0.5, 0.6) is 11.5 Å². The van der Waals surface area contributed by atoms with Crippen LogP contribution in [0.4, 0.5) is 0 Å². The van der Waals surface area contributed by atoms with Crippen LogP contribution in [0.3, 0.4) is 0 Å². The molecule has 0 aliphatic heterocycles. The second-order valence-corrected chi connectivity index (χ2v) is 9.58. The Balaban J connectivity index is 1.25. The van der Waals surface area contributed by atoms with Crippen LogP contribution in [-0.4, -0.2) is 23.2 Å². The van der Waals surface area contributed by atoms with E-state index in [1.807, 2.05) is 24.3 Å². The van der Waals surface area contributed by atoms with Crippen LogP contribution in [0.1, 0.15) is 103 Å². The summed E-state index contributed by atoms with van der Waals surface area (Å²) >= 11 is 0. The van der Waals surface area contributed by atoms with E-state index in [-0.39, 0.29) is 0 Å². The minimum atomic E-state index is 0.718. The zero-order valence-corrected chi connectivity index (χ0v) is 20.8. The van der Waals surface area contributed by atoms with Crippen LogP contribution < -0.4 is 9.47 Å². The van der Waals surface area contributed by atoms with Gasteiger partial charge in [0, 0.05) is 5.56 Å². The van der Waals surface area contributed by atoms with Gasteiger partial charge in [-0.25, -0.2) is 9.97 Å². The van der Waals surface area contributed by atoms with Crippen molar-refractivity contribution in [3.8, 4) is 22.9 Å². The number of hydrogen-bond donors (Lipinski definition) is 0. The molecule has 0 spiro atoms. The summed E-state index contributed by atoms with van der Waals surface area (Å²) in [5.41, 5.74) is 0.996. The van der Waals surface area contributed by atoms with E-state index >= 15 is 0 Å². The molecule has 0 N–H and O–H groups in total. The van der Waals surface area contributed by atoms with E-state index in [4.69, 9.17) is 9.47 Å². The molecule has 3 rings (SSSR count). The minimum Gasteiger partial charge on any atom is -0.494 e. The summed E-state index contributed by atoms with van der Waals surface area (Å²) in [7, 11) is 0. The predicted molar refractivity (Wildman–Crippen MR) is 137 cm³/mol. The lowest BCUT2D eigenvalue weighted by molar-refractivity contribution is 0.302. The first kappa shape index (κ1) is 25.5. The molecule has 0 amide bonds. The highest BCUT2D eigenvalue weighted by molar-refractivity contribution is 5.56. The quantitative estimate of drug-likeness (QED) is 0.201. The molecule has 2 aromatic rings. The molecular formula is C29H44N2O2. The van der Waals surface area contributed by atoms with Gasteiger partial charge in [-0.15, -0.1) is 0 Å². The maximum atomic E-state index is 5.91. The lowest BCUT2D eigenvalue weighted by atomic mass is 10.1. The monoisotopic (exact) mass is 452 g/mol. The van der Waals surface area contributed by atoms with Gasteiger partial charge in [0.15, 0.2) is 11.6 Å². The van der Waals surface area contributed by atoms with E-state index in [0.717, 1.165) is 54.9 Å². The molecule has 0 atom stereocenters. The van der Waals surface area contributed by atoms with Crippen molar-refractivity contribution in [1.29, 1.82) is 0 Å². The number of aromatic nitrogens is 2. The molecule has 1 aromatic carbocycles. The van der Waals surface area contributed by atoms with Gasteiger partial charge in [0.1, 0.15) is 5.75 Å². The minimum absolute atomic E-state index is 0.718. The first-order valence-electron chi connectivity index (χ1n) is 13.5. The van der Waals surface area contributed by atoms with Gasteiger partial charge in [0.2, 0.25) is 0 Å². The van der Waals surface area contributed by atoms with Crippen molar-refractivity contribution >= 4 is 0 Å². The largest absolute Gasteiger partial charge is 0.494 e. The average molecular weight is 453 g/mol. The first-order valence-corrected chi connectivity index (χ1v) is 13.5. The van der Waals surface area contributed by atoms with Crippen LogP contribution in [0.25, 0.3) is 11.4 Å². The van der Waals surface area contributed by atoms with Crippen molar-refractivity contribution < 1.29 is 9.47 Å². The highest BCUT2D eigenvalue weighted by Crippen LogP contribution is 2.34. The molecule has 182 valence electrons. The Hall–Kier alpha value is -2.10. The number of rotatable bonds is 19. The Morgan fingerprint density at radius 3 is 1.82 bits per heavy atom. The van der Waals surface area contributed by atoms with Crippen LogP contribution >= 0.6 is 0 Å². The fraction of sp³-hybridized carbons (Fsp3) is 0.655. The highest BCUT2D eigenvalue weighted by atomic mass is 16.5. The predicted octanol–water partition coefficient (Wildman–Crippen LogP) is 8.40. The standard InChI is InChI=1S/C29H44N2O2/c1-2-3-4-5-9-13-22-33-28-23-30-29(31-24-28)26-17-19-27(20-18-26)32-21-12-10-7-6-8-11-14-25-15-16-25/h17-20,23-25H,2-16,21-22H2,1H3. The summed E-state index contributed by atoms with van der Waals surface area (Å²) in [4.78, 5) is 8.94. The van der Waals surface area contributed by atoms with E-state index in [9.17, 15) is 0 Å². The summed E-state index contributed by atoms with van der Waals surface area (Å²) in [6, 6.07) is 8.09. The molecule has 1 aliphatic rings. The first-order chi connectivity index (χ1) is 16.3. The fourth-order valence-electron chi connectivity index (χ4n) is 4.15. The van der Waals surface area contributed by atoms with Crippen molar-refractivity contribution in [2.45, 2.75) is 103 Å². The molecule has 0 unspecified atom stereocenters. The second-order valence-electron chi connectivity index (χ2n) is 9.58. The van der Waals surface area contributed by atoms with E-state index < -0.39 is 0 Å². The lowest BCUT2D eigenvalue weighted by Gasteiger charge is -2.08. The number of ether oxygens (including phenoxy) is 2. The summed E-state index contributed by atoms with van der Waals surface area (Å²) in [5.74, 6) is 3.47. The van der Waals surface area contributed by atoms with Gasteiger partial charge in [0.25, 0.3) is 0 Å². The molecule has 4 heteroatoms. The van der Waals surface area contributed by atoms with Gasteiger partial charge in [-0.2, -0.15) is 0 Å². The summed E-state index contributed by atoms with van der Waals surface area (Å²) in [6.45, 7) is 3.78.